The molecule has 0 aliphatic heterocycles. The van der Waals surface area contributed by atoms with Gasteiger partial charge in [0.25, 0.3) is 0 Å². The van der Waals surface area contributed by atoms with E-state index in [0.717, 1.165) is 16.6 Å². The molecule has 0 saturated heterocycles. The minimum Gasteiger partial charge on any atom is -0.443 e. The number of nitrogens with one attached hydrogen (secondary N) is 1. The zero-order valence-corrected chi connectivity index (χ0v) is 12.9. The van der Waals surface area contributed by atoms with Gasteiger partial charge in [0.05, 0.1) is 4.90 Å². The second kappa shape index (κ2) is 5.90. The van der Waals surface area contributed by atoms with Gasteiger partial charge in [0.15, 0.2) is 12.0 Å². The minimum atomic E-state index is -3.47. The Morgan fingerprint density at radius 1 is 1.18 bits per heavy atom. The summed E-state index contributed by atoms with van der Waals surface area (Å²) >= 11 is 0. The van der Waals surface area contributed by atoms with Crippen molar-refractivity contribution in [1.82, 2.24) is 9.71 Å². The first-order chi connectivity index (χ1) is 10.5. The molecule has 0 fully saturated rings. The molecule has 3 aromatic rings. The standard InChI is InChI=1S/C16H16N2O3S/c1-12-3-2-4-14(9-12)22(19,20)18-8-7-13-5-6-15-16(10-13)21-11-17-15/h2-6,9-11,18H,7-8H2,1H3. The lowest BCUT2D eigenvalue weighted by Crippen LogP contribution is -2.26. The second-order valence-electron chi connectivity index (χ2n) is 5.12. The summed E-state index contributed by atoms with van der Waals surface area (Å²) in [7, 11) is -3.47. The molecule has 1 N–H and O–H groups in total. The highest BCUT2D eigenvalue weighted by atomic mass is 32.2. The van der Waals surface area contributed by atoms with Gasteiger partial charge >= 0.3 is 0 Å². The number of hydrogen-bond acceptors (Lipinski definition) is 4. The van der Waals surface area contributed by atoms with E-state index in [1.807, 2.05) is 31.2 Å². The largest absolute Gasteiger partial charge is 0.443 e. The summed E-state index contributed by atoms with van der Waals surface area (Å²) in [5.74, 6) is 0. The molecular formula is C16H16N2O3S. The molecule has 0 aliphatic rings. The summed E-state index contributed by atoms with van der Waals surface area (Å²) in [6, 6.07) is 12.5. The van der Waals surface area contributed by atoms with E-state index < -0.39 is 10.0 Å². The van der Waals surface area contributed by atoms with E-state index in [2.05, 4.69) is 9.71 Å². The van der Waals surface area contributed by atoms with Crippen molar-refractivity contribution in [2.75, 3.05) is 6.54 Å². The number of rotatable bonds is 5. The van der Waals surface area contributed by atoms with Crippen molar-refractivity contribution in [2.45, 2.75) is 18.2 Å². The Morgan fingerprint density at radius 2 is 2.05 bits per heavy atom. The van der Waals surface area contributed by atoms with Crippen LogP contribution in [0.2, 0.25) is 0 Å². The topological polar surface area (TPSA) is 72.2 Å². The Bertz CT molecular complexity index is 900. The van der Waals surface area contributed by atoms with Crippen molar-refractivity contribution in [2.24, 2.45) is 0 Å². The molecule has 0 amide bonds. The first kappa shape index (κ1) is 14.7. The SMILES string of the molecule is Cc1cccc(S(=O)(=O)NCCc2ccc3ncoc3c2)c1. The van der Waals surface area contributed by atoms with E-state index in [0.29, 0.717) is 18.5 Å². The molecule has 2 aromatic carbocycles. The second-order valence-corrected chi connectivity index (χ2v) is 6.89. The lowest BCUT2D eigenvalue weighted by molar-refractivity contribution is 0.581. The fourth-order valence-corrected chi connectivity index (χ4v) is 3.39. The Labute approximate surface area is 129 Å². The summed E-state index contributed by atoms with van der Waals surface area (Å²) in [6.07, 6.45) is 1.98. The maximum atomic E-state index is 12.2. The van der Waals surface area contributed by atoms with E-state index >= 15 is 0 Å². The summed E-state index contributed by atoms with van der Waals surface area (Å²) in [5.41, 5.74) is 3.41. The van der Waals surface area contributed by atoms with Crippen LogP contribution in [-0.2, 0) is 16.4 Å². The van der Waals surface area contributed by atoms with Crippen molar-refractivity contribution in [3.8, 4) is 0 Å². The van der Waals surface area contributed by atoms with Gasteiger partial charge in [0, 0.05) is 6.54 Å². The smallest absolute Gasteiger partial charge is 0.240 e. The number of aromatic nitrogens is 1. The fraction of sp³-hybridized carbons (Fsp3) is 0.188. The Hall–Kier alpha value is -2.18. The molecular weight excluding hydrogens is 300 g/mol. The highest BCUT2D eigenvalue weighted by Gasteiger charge is 2.13. The zero-order chi connectivity index (χ0) is 15.6. The van der Waals surface area contributed by atoms with Crippen LogP contribution in [0.3, 0.4) is 0 Å². The van der Waals surface area contributed by atoms with E-state index in [4.69, 9.17) is 4.42 Å². The molecule has 22 heavy (non-hydrogen) atoms. The Balaban J connectivity index is 1.67. The van der Waals surface area contributed by atoms with Gasteiger partial charge in [0.1, 0.15) is 5.52 Å². The molecule has 0 atom stereocenters. The van der Waals surface area contributed by atoms with Gasteiger partial charge in [0.2, 0.25) is 10.0 Å². The van der Waals surface area contributed by atoms with Crippen LogP contribution in [-0.4, -0.2) is 19.9 Å². The lowest BCUT2D eigenvalue weighted by atomic mass is 10.1. The molecule has 1 aromatic heterocycles. The van der Waals surface area contributed by atoms with Crippen molar-refractivity contribution < 1.29 is 12.8 Å². The summed E-state index contributed by atoms with van der Waals surface area (Å²) in [4.78, 5) is 4.34. The zero-order valence-electron chi connectivity index (χ0n) is 12.1. The number of benzene rings is 2. The van der Waals surface area contributed by atoms with Gasteiger partial charge in [-0.3, -0.25) is 0 Å². The fourth-order valence-electron chi connectivity index (χ4n) is 2.25. The van der Waals surface area contributed by atoms with Gasteiger partial charge in [-0.15, -0.1) is 0 Å². The normalized spacial score (nSPS) is 11.9. The maximum absolute atomic E-state index is 12.2. The van der Waals surface area contributed by atoms with Crippen molar-refractivity contribution >= 4 is 21.1 Å². The molecule has 114 valence electrons. The van der Waals surface area contributed by atoms with Crippen LogP contribution < -0.4 is 4.72 Å². The lowest BCUT2D eigenvalue weighted by Gasteiger charge is -2.07. The average molecular weight is 316 g/mol. The third-order valence-electron chi connectivity index (χ3n) is 3.40. The molecule has 6 heteroatoms. The van der Waals surface area contributed by atoms with Crippen LogP contribution in [0, 0.1) is 6.92 Å². The number of fused-ring (bicyclic) bond motifs is 1. The number of oxazole rings is 1. The number of nitrogens with zero attached hydrogens (tertiary/aromatic N) is 1. The molecule has 3 rings (SSSR count). The van der Waals surface area contributed by atoms with Crippen LogP contribution in [0.1, 0.15) is 11.1 Å². The van der Waals surface area contributed by atoms with E-state index in [1.54, 1.807) is 18.2 Å². The highest BCUT2D eigenvalue weighted by molar-refractivity contribution is 7.89. The van der Waals surface area contributed by atoms with Crippen LogP contribution in [0.15, 0.2) is 58.2 Å². The number of aryl methyl sites for hydroxylation is 1. The van der Waals surface area contributed by atoms with E-state index in [1.165, 1.54) is 6.39 Å². The summed E-state index contributed by atoms with van der Waals surface area (Å²) in [5, 5.41) is 0. The predicted octanol–water partition coefficient (Wildman–Crippen LogP) is 2.66. The van der Waals surface area contributed by atoms with Crippen molar-refractivity contribution in [3.05, 3.63) is 60.0 Å². The third kappa shape index (κ3) is 3.18. The van der Waals surface area contributed by atoms with E-state index in [-0.39, 0.29) is 4.90 Å². The summed E-state index contributed by atoms with van der Waals surface area (Å²) in [6.45, 7) is 2.20. The van der Waals surface area contributed by atoms with Crippen LogP contribution >= 0.6 is 0 Å². The van der Waals surface area contributed by atoms with Gasteiger partial charge < -0.3 is 4.42 Å². The highest BCUT2D eigenvalue weighted by Crippen LogP contribution is 2.15. The molecule has 0 saturated carbocycles. The van der Waals surface area contributed by atoms with Gasteiger partial charge in [-0.05, 0) is 48.7 Å². The Kier molecular flexibility index (Phi) is 3.96. The minimum absolute atomic E-state index is 0.290. The first-order valence-corrected chi connectivity index (χ1v) is 8.41. The Morgan fingerprint density at radius 3 is 2.86 bits per heavy atom. The third-order valence-corrected chi connectivity index (χ3v) is 4.86. The van der Waals surface area contributed by atoms with Crippen molar-refractivity contribution in [3.63, 3.8) is 0 Å². The quantitative estimate of drug-likeness (QED) is 0.785. The first-order valence-electron chi connectivity index (χ1n) is 6.93. The van der Waals surface area contributed by atoms with Crippen LogP contribution in [0.25, 0.3) is 11.1 Å². The maximum Gasteiger partial charge on any atom is 0.240 e. The van der Waals surface area contributed by atoms with Gasteiger partial charge in [-0.2, -0.15) is 0 Å². The van der Waals surface area contributed by atoms with E-state index in [9.17, 15) is 8.42 Å². The van der Waals surface area contributed by atoms with Gasteiger partial charge in [-0.25, -0.2) is 18.1 Å². The molecule has 1 heterocycles. The van der Waals surface area contributed by atoms with Crippen molar-refractivity contribution in [1.29, 1.82) is 0 Å². The monoisotopic (exact) mass is 316 g/mol. The molecule has 0 unspecified atom stereocenters. The van der Waals surface area contributed by atoms with Gasteiger partial charge in [-0.1, -0.05) is 18.2 Å². The number of sulfonamides is 1. The molecule has 0 spiro atoms. The summed E-state index contributed by atoms with van der Waals surface area (Å²) < 4.78 is 32.3. The molecule has 0 aliphatic carbocycles. The molecule has 5 nitrogen and oxygen atoms in total. The molecule has 0 radical (unpaired) electrons. The molecule has 0 bridgehead atoms. The van der Waals surface area contributed by atoms with Crippen LogP contribution in [0.5, 0.6) is 0 Å². The number of hydrogen-bond donors (Lipinski definition) is 1. The predicted molar refractivity (Wildman–Crippen MR) is 84.1 cm³/mol. The average Bonchev–Trinajstić information content (AvgIpc) is 2.94. The van der Waals surface area contributed by atoms with Crippen LogP contribution in [0.4, 0.5) is 0 Å².